The highest BCUT2D eigenvalue weighted by molar-refractivity contribution is 5.95. The van der Waals surface area contributed by atoms with Crippen molar-refractivity contribution in [2.45, 2.75) is 38.1 Å². The first-order chi connectivity index (χ1) is 14.1. The monoisotopic (exact) mass is 394 g/mol. The normalized spacial score (nSPS) is 22.8. The lowest BCUT2D eigenvalue weighted by molar-refractivity contribution is 0.0971. The Morgan fingerprint density at radius 3 is 2.83 bits per heavy atom. The first-order valence-corrected chi connectivity index (χ1v) is 10.7. The highest BCUT2D eigenvalue weighted by Crippen LogP contribution is 2.51. The molecule has 0 bridgehead atoms. The van der Waals surface area contributed by atoms with Crippen molar-refractivity contribution in [2.75, 3.05) is 37.7 Å². The molecule has 4 nitrogen and oxygen atoms in total. The van der Waals surface area contributed by atoms with Gasteiger partial charge in [0.05, 0.1) is 12.2 Å². The summed E-state index contributed by atoms with van der Waals surface area (Å²) in [6.45, 7) is 7.02. The maximum absolute atomic E-state index is 13.0. The van der Waals surface area contributed by atoms with E-state index in [2.05, 4.69) is 28.9 Å². The van der Waals surface area contributed by atoms with E-state index in [-0.39, 0.29) is 11.6 Å². The number of Topliss-reactive ketones (excluding diaryl/α,β-unsaturated/α-hetero) is 1. The molecule has 0 spiro atoms. The fraction of sp³-hybridized carbons (Fsp3) is 0.458. The Hall–Kier alpha value is -2.40. The third-order valence-corrected chi connectivity index (χ3v) is 6.75. The van der Waals surface area contributed by atoms with Crippen molar-refractivity contribution in [2.24, 2.45) is 0 Å². The van der Waals surface area contributed by atoms with Gasteiger partial charge >= 0.3 is 0 Å². The number of nitrogens with zero attached hydrogens (tertiary/aromatic N) is 2. The predicted molar refractivity (Wildman–Crippen MR) is 112 cm³/mol. The number of hydrogen-bond acceptors (Lipinski definition) is 4. The number of hydrogen-bond donors (Lipinski definition) is 0. The molecule has 0 N–H and O–H groups in total. The number of piperidine rings is 1. The van der Waals surface area contributed by atoms with Gasteiger partial charge in [-0.3, -0.25) is 4.79 Å². The van der Waals surface area contributed by atoms with Gasteiger partial charge in [-0.15, -0.1) is 0 Å². The van der Waals surface area contributed by atoms with Crippen LogP contribution in [0, 0.1) is 12.7 Å². The summed E-state index contributed by atoms with van der Waals surface area (Å²) in [4.78, 5) is 17.4. The minimum Gasteiger partial charge on any atom is -0.490 e. The quantitative estimate of drug-likeness (QED) is 0.713. The summed E-state index contributed by atoms with van der Waals surface area (Å²) in [5.74, 6) is 1.36. The van der Waals surface area contributed by atoms with Crippen molar-refractivity contribution < 1.29 is 13.9 Å². The molecule has 0 aromatic heterocycles. The van der Waals surface area contributed by atoms with Gasteiger partial charge in [-0.05, 0) is 67.8 Å². The molecule has 1 saturated heterocycles. The number of carbonyl (C=O) groups excluding carboxylic acids is 1. The van der Waals surface area contributed by atoms with E-state index < -0.39 is 0 Å². The molecule has 2 aromatic carbocycles. The van der Waals surface area contributed by atoms with Crippen molar-refractivity contribution in [3.63, 3.8) is 0 Å². The lowest BCUT2D eigenvalue weighted by Crippen LogP contribution is -2.48. The Labute approximate surface area is 171 Å². The third kappa shape index (κ3) is 3.31. The summed E-state index contributed by atoms with van der Waals surface area (Å²) in [5.41, 5.74) is 4.77. The van der Waals surface area contributed by atoms with Crippen LogP contribution in [0.15, 0.2) is 36.4 Å². The van der Waals surface area contributed by atoms with E-state index in [1.807, 2.05) is 0 Å². The van der Waals surface area contributed by atoms with E-state index in [9.17, 15) is 9.18 Å². The van der Waals surface area contributed by atoms with Crippen LogP contribution in [0.4, 0.5) is 10.1 Å². The van der Waals surface area contributed by atoms with Crippen LogP contribution >= 0.6 is 0 Å². The zero-order valence-corrected chi connectivity index (χ0v) is 16.9. The second-order valence-corrected chi connectivity index (χ2v) is 8.48. The molecule has 0 amide bonds. The SMILES string of the molecule is Cc1ccc2c3c1C1CN(CCCC(=O)c4ccc(F)cc4)CCC1N3CCO2. The molecule has 3 heterocycles. The van der Waals surface area contributed by atoms with Crippen molar-refractivity contribution in [1.82, 2.24) is 4.90 Å². The van der Waals surface area contributed by atoms with E-state index in [4.69, 9.17) is 4.74 Å². The Morgan fingerprint density at radius 1 is 1.17 bits per heavy atom. The molecular formula is C24H27FN2O2. The highest BCUT2D eigenvalue weighted by Gasteiger charge is 2.45. The molecule has 29 heavy (non-hydrogen) atoms. The van der Waals surface area contributed by atoms with E-state index in [0.29, 0.717) is 23.9 Å². The number of aryl methyl sites for hydroxylation is 1. The molecule has 5 heteroatoms. The molecular weight excluding hydrogens is 367 g/mol. The molecule has 2 atom stereocenters. The number of likely N-dealkylation sites (tertiary alicyclic amines) is 1. The molecule has 5 rings (SSSR count). The molecule has 0 saturated carbocycles. The van der Waals surface area contributed by atoms with E-state index >= 15 is 0 Å². The molecule has 2 aromatic rings. The number of benzene rings is 2. The molecule has 3 aliphatic heterocycles. The van der Waals surface area contributed by atoms with E-state index in [1.165, 1.54) is 28.9 Å². The van der Waals surface area contributed by atoms with Gasteiger partial charge in [0.2, 0.25) is 0 Å². The fourth-order valence-corrected chi connectivity index (χ4v) is 5.38. The summed E-state index contributed by atoms with van der Waals surface area (Å²) < 4.78 is 19.0. The largest absolute Gasteiger partial charge is 0.490 e. The van der Waals surface area contributed by atoms with E-state index in [1.54, 1.807) is 12.1 Å². The molecule has 152 valence electrons. The predicted octanol–water partition coefficient (Wildman–Crippen LogP) is 4.17. The number of halogens is 1. The lowest BCUT2D eigenvalue weighted by atomic mass is 9.86. The highest BCUT2D eigenvalue weighted by atomic mass is 19.1. The summed E-state index contributed by atoms with van der Waals surface area (Å²) in [7, 11) is 0. The topological polar surface area (TPSA) is 32.8 Å². The van der Waals surface area contributed by atoms with Gasteiger partial charge < -0.3 is 14.5 Å². The van der Waals surface area contributed by atoms with Crippen LogP contribution in [-0.4, -0.2) is 49.5 Å². The molecule has 1 fully saturated rings. The average molecular weight is 394 g/mol. The standard InChI is InChI=1S/C24H27FN2O2/c1-16-4-9-22-24-23(16)19-15-26(12-10-20(19)27(24)13-14-29-22)11-2-3-21(28)17-5-7-18(25)8-6-17/h4-9,19-20H,2-3,10-15H2,1H3. The molecule has 0 aliphatic carbocycles. The fourth-order valence-electron chi connectivity index (χ4n) is 5.38. The van der Waals surface area contributed by atoms with Crippen LogP contribution in [0.3, 0.4) is 0 Å². The molecule has 3 aliphatic rings. The van der Waals surface area contributed by atoms with Crippen molar-refractivity contribution in [3.05, 3.63) is 58.9 Å². The Bertz CT molecular complexity index is 927. The zero-order chi connectivity index (χ0) is 20.0. The molecule has 0 radical (unpaired) electrons. The van der Waals surface area contributed by atoms with E-state index in [0.717, 1.165) is 51.4 Å². The van der Waals surface area contributed by atoms with Gasteiger partial charge in [0.15, 0.2) is 5.78 Å². The maximum Gasteiger partial charge on any atom is 0.162 e. The van der Waals surface area contributed by atoms with Crippen LogP contribution in [0.1, 0.15) is 46.7 Å². The first-order valence-electron chi connectivity index (χ1n) is 10.7. The first kappa shape index (κ1) is 18.6. The lowest BCUT2D eigenvalue weighted by Gasteiger charge is -2.40. The minimum atomic E-state index is -0.303. The van der Waals surface area contributed by atoms with Crippen LogP contribution in [0.25, 0.3) is 0 Å². The number of carbonyl (C=O) groups is 1. The van der Waals surface area contributed by atoms with Crippen LogP contribution in [0.5, 0.6) is 5.75 Å². The summed E-state index contributed by atoms with van der Waals surface area (Å²) in [5, 5.41) is 0. The van der Waals surface area contributed by atoms with Gasteiger partial charge in [-0.1, -0.05) is 6.07 Å². The Morgan fingerprint density at radius 2 is 2.00 bits per heavy atom. The van der Waals surface area contributed by atoms with Crippen molar-refractivity contribution in [1.29, 1.82) is 0 Å². The number of ether oxygens (including phenoxy) is 1. The zero-order valence-electron chi connectivity index (χ0n) is 16.9. The van der Waals surface area contributed by atoms with Gasteiger partial charge in [-0.2, -0.15) is 0 Å². The summed E-state index contributed by atoms with van der Waals surface area (Å²) in [6.07, 6.45) is 2.51. The summed E-state index contributed by atoms with van der Waals surface area (Å²) >= 11 is 0. The van der Waals surface area contributed by atoms with Gasteiger partial charge in [0.25, 0.3) is 0 Å². The van der Waals surface area contributed by atoms with Gasteiger partial charge in [0.1, 0.15) is 18.2 Å². The van der Waals surface area contributed by atoms with Crippen LogP contribution in [-0.2, 0) is 0 Å². The Kier molecular flexibility index (Phi) is 4.78. The minimum absolute atomic E-state index is 0.0980. The average Bonchev–Trinajstić information content (AvgIpc) is 3.07. The third-order valence-electron chi connectivity index (χ3n) is 6.75. The smallest absolute Gasteiger partial charge is 0.162 e. The number of fused-ring (bicyclic) bond motifs is 3. The second kappa shape index (κ2) is 7.45. The van der Waals surface area contributed by atoms with Crippen molar-refractivity contribution in [3.8, 4) is 5.75 Å². The van der Waals surface area contributed by atoms with Gasteiger partial charge in [0, 0.05) is 37.0 Å². The van der Waals surface area contributed by atoms with Crippen LogP contribution in [0.2, 0.25) is 0 Å². The Balaban J connectivity index is 1.23. The second-order valence-electron chi connectivity index (χ2n) is 8.48. The maximum atomic E-state index is 13.0. The van der Waals surface area contributed by atoms with Gasteiger partial charge in [-0.25, -0.2) is 4.39 Å². The number of rotatable bonds is 5. The van der Waals surface area contributed by atoms with Crippen LogP contribution < -0.4 is 9.64 Å². The molecule has 2 unspecified atom stereocenters. The number of anilines is 1. The van der Waals surface area contributed by atoms with Crippen molar-refractivity contribution >= 4 is 11.5 Å². The summed E-state index contributed by atoms with van der Waals surface area (Å²) in [6, 6.07) is 10.8. The number of ketones is 1.